The first kappa shape index (κ1) is 23.9. The third-order valence-electron chi connectivity index (χ3n) is 4.65. The predicted molar refractivity (Wildman–Crippen MR) is 108 cm³/mol. The lowest BCUT2D eigenvalue weighted by Gasteiger charge is -2.08. The number of unbranched alkanes of at least 4 members (excludes halogenated alkanes) is 13. The Morgan fingerprint density at radius 3 is 1.36 bits per heavy atom. The van der Waals surface area contributed by atoms with E-state index in [1.165, 1.54) is 83.5 Å². The number of rotatable bonds is 17. The molecule has 4 heteroatoms. The fourth-order valence-corrected chi connectivity index (χ4v) is 4.23. The van der Waals surface area contributed by atoms with Gasteiger partial charge in [-0.25, -0.2) is 0 Å². The van der Waals surface area contributed by atoms with Crippen LogP contribution in [0.3, 0.4) is 0 Å². The molecule has 0 saturated carbocycles. The second-order valence-corrected chi connectivity index (χ2v) is 8.42. The molecule has 0 aromatic carbocycles. The van der Waals surface area contributed by atoms with E-state index in [1.54, 1.807) is 0 Å². The predicted octanol–water partition coefficient (Wildman–Crippen LogP) is 6.70. The molecule has 2 unspecified atom stereocenters. The van der Waals surface area contributed by atoms with Crippen LogP contribution in [0.2, 0.25) is 0 Å². The van der Waals surface area contributed by atoms with Crippen molar-refractivity contribution in [2.24, 2.45) is 5.92 Å². The number of nitriles is 3. The first-order chi connectivity index (χ1) is 12.3. The molecule has 0 aliphatic heterocycles. The van der Waals surface area contributed by atoms with Crippen LogP contribution in [0.4, 0.5) is 0 Å². The minimum absolute atomic E-state index is 0.392. The minimum Gasteiger partial charge on any atom is -0.198 e. The highest BCUT2D eigenvalue weighted by molar-refractivity contribution is 7.39. The minimum atomic E-state index is -0.755. The van der Waals surface area contributed by atoms with Gasteiger partial charge in [-0.05, 0) is 12.6 Å². The van der Waals surface area contributed by atoms with Gasteiger partial charge in [0, 0.05) is 0 Å². The Kier molecular flexibility index (Phi) is 18.4. The normalized spacial score (nSPS) is 12.1. The average molecular weight is 362 g/mol. The summed E-state index contributed by atoms with van der Waals surface area (Å²) in [5, 5.41) is 26.7. The lowest BCUT2D eigenvalue weighted by atomic mass is 10.0. The molecular weight excluding hydrogens is 325 g/mol. The van der Waals surface area contributed by atoms with E-state index >= 15 is 0 Å². The first-order valence-corrected chi connectivity index (χ1v) is 11.5. The fraction of sp³-hybridized carbons (Fsp3) is 0.857. The third kappa shape index (κ3) is 14.9. The fourth-order valence-electron chi connectivity index (χ4n) is 2.99. The second kappa shape index (κ2) is 19.2. The van der Waals surface area contributed by atoms with Crippen LogP contribution in [-0.4, -0.2) is 11.8 Å². The summed E-state index contributed by atoms with van der Waals surface area (Å²) in [5.41, 5.74) is -0.392. The topological polar surface area (TPSA) is 71.4 Å². The zero-order chi connectivity index (χ0) is 18.6. The van der Waals surface area contributed by atoms with E-state index in [1.807, 2.05) is 12.1 Å². The molecule has 0 heterocycles. The van der Waals surface area contributed by atoms with Gasteiger partial charge in [0.2, 0.25) is 0 Å². The molecule has 0 aliphatic carbocycles. The van der Waals surface area contributed by atoms with E-state index < -0.39 is 11.6 Å². The van der Waals surface area contributed by atoms with E-state index in [0.29, 0.717) is 8.58 Å². The van der Waals surface area contributed by atoms with Crippen LogP contribution in [0, 0.1) is 39.9 Å². The third-order valence-corrected chi connectivity index (χ3v) is 6.19. The highest BCUT2D eigenvalue weighted by Gasteiger charge is 2.19. The lowest BCUT2D eigenvalue weighted by molar-refractivity contribution is 0.538. The number of hydrogen-bond acceptors (Lipinski definition) is 3. The van der Waals surface area contributed by atoms with Crippen molar-refractivity contribution >= 4 is 8.58 Å². The summed E-state index contributed by atoms with van der Waals surface area (Å²) >= 11 is 0. The Bertz CT molecular complexity index is 402. The molecule has 0 amide bonds. The van der Waals surface area contributed by atoms with Crippen molar-refractivity contribution in [1.29, 1.82) is 15.8 Å². The molecule has 0 aliphatic rings. The van der Waals surface area contributed by atoms with E-state index in [4.69, 9.17) is 15.8 Å². The van der Waals surface area contributed by atoms with Crippen LogP contribution >= 0.6 is 8.58 Å². The summed E-state index contributed by atoms with van der Waals surface area (Å²) in [6, 6.07) is 5.98. The van der Waals surface area contributed by atoms with Crippen LogP contribution in [0.1, 0.15) is 96.8 Å². The van der Waals surface area contributed by atoms with Gasteiger partial charge in [-0.3, -0.25) is 0 Å². The van der Waals surface area contributed by atoms with Gasteiger partial charge in [-0.15, -0.1) is 8.58 Å². The molecular formula is C21H36N3P. The van der Waals surface area contributed by atoms with Gasteiger partial charge in [-0.1, -0.05) is 90.4 Å². The summed E-state index contributed by atoms with van der Waals surface area (Å²) in [6.07, 6.45) is 19.8. The molecule has 0 fully saturated rings. The molecule has 3 nitrogen and oxygen atoms in total. The number of nitrogens with zero attached hydrogens (tertiary/aromatic N) is 3. The SMILES string of the molecule is CCCCCCCCCCCCCCCCPC(C#N)C(C#N)C#N. The zero-order valence-corrected chi connectivity index (χ0v) is 17.1. The van der Waals surface area contributed by atoms with Crippen molar-refractivity contribution in [1.82, 2.24) is 0 Å². The maximum atomic E-state index is 9.03. The van der Waals surface area contributed by atoms with Crippen LogP contribution < -0.4 is 0 Å². The maximum absolute atomic E-state index is 9.03. The van der Waals surface area contributed by atoms with Crippen molar-refractivity contribution in [3.8, 4) is 18.2 Å². The largest absolute Gasteiger partial charge is 0.198 e. The van der Waals surface area contributed by atoms with E-state index in [2.05, 4.69) is 13.0 Å². The lowest BCUT2D eigenvalue weighted by Crippen LogP contribution is -2.10. The molecule has 2 atom stereocenters. The van der Waals surface area contributed by atoms with Gasteiger partial charge >= 0.3 is 0 Å². The van der Waals surface area contributed by atoms with Gasteiger partial charge in [-0.2, -0.15) is 15.8 Å². The highest BCUT2D eigenvalue weighted by Crippen LogP contribution is 2.26. The van der Waals surface area contributed by atoms with Gasteiger partial charge in [0.15, 0.2) is 5.92 Å². The summed E-state index contributed by atoms with van der Waals surface area (Å²) in [5.74, 6) is -0.755. The molecule has 25 heavy (non-hydrogen) atoms. The van der Waals surface area contributed by atoms with Crippen LogP contribution in [0.5, 0.6) is 0 Å². The summed E-state index contributed by atoms with van der Waals surface area (Å²) < 4.78 is 0. The van der Waals surface area contributed by atoms with E-state index in [0.717, 1.165) is 12.6 Å². The molecule has 0 saturated heterocycles. The Labute approximate surface area is 157 Å². The first-order valence-electron chi connectivity index (χ1n) is 10.2. The zero-order valence-electron chi connectivity index (χ0n) is 16.1. The summed E-state index contributed by atoms with van der Waals surface area (Å²) in [4.78, 5) is 0. The standard InChI is InChI=1S/C21H36N3P/c1-2-3-4-5-6-7-8-9-10-11-12-13-14-15-16-25-21(19-24)20(17-22)18-23/h20-21,25H,2-16H2,1H3. The van der Waals surface area contributed by atoms with Gasteiger partial charge in [0.05, 0.1) is 23.9 Å². The molecule has 0 bridgehead atoms. The molecule has 0 radical (unpaired) electrons. The van der Waals surface area contributed by atoms with Crippen molar-refractivity contribution in [2.75, 3.05) is 6.16 Å². The van der Waals surface area contributed by atoms with Crippen molar-refractivity contribution in [2.45, 2.75) is 102 Å². The second-order valence-electron chi connectivity index (χ2n) is 6.89. The van der Waals surface area contributed by atoms with Gasteiger partial charge < -0.3 is 0 Å². The van der Waals surface area contributed by atoms with E-state index in [9.17, 15) is 0 Å². The quantitative estimate of drug-likeness (QED) is 0.214. The number of hydrogen-bond donors (Lipinski definition) is 0. The Hall–Kier alpha value is -1.10. The molecule has 0 aromatic heterocycles. The van der Waals surface area contributed by atoms with Gasteiger partial charge in [0.25, 0.3) is 0 Å². The summed E-state index contributed by atoms with van der Waals surface area (Å²) in [7, 11) is 0.422. The van der Waals surface area contributed by atoms with Crippen molar-refractivity contribution in [3.63, 3.8) is 0 Å². The highest BCUT2D eigenvalue weighted by atomic mass is 31.1. The Balaban J connectivity index is 3.31. The molecule has 140 valence electrons. The van der Waals surface area contributed by atoms with Crippen molar-refractivity contribution in [3.05, 3.63) is 0 Å². The molecule has 0 spiro atoms. The van der Waals surface area contributed by atoms with Crippen LogP contribution in [0.15, 0.2) is 0 Å². The Morgan fingerprint density at radius 2 is 1.00 bits per heavy atom. The monoisotopic (exact) mass is 361 g/mol. The van der Waals surface area contributed by atoms with E-state index in [-0.39, 0.29) is 0 Å². The Morgan fingerprint density at radius 1 is 0.600 bits per heavy atom. The van der Waals surface area contributed by atoms with Gasteiger partial charge in [0.1, 0.15) is 0 Å². The van der Waals surface area contributed by atoms with Crippen LogP contribution in [0.25, 0.3) is 0 Å². The smallest absolute Gasteiger partial charge is 0.152 e. The molecule has 0 aromatic rings. The maximum Gasteiger partial charge on any atom is 0.152 e. The summed E-state index contributed by atoms with van der Waals surface area (Å²) in [6.45, 7) is 2.27. The van der Waals surface area contributed by atoms with Crippen molar-refractivity contribution < 1.29 is 0 Å². The molecule has 0 rings (SSSR count). The van der Waals surface area contributed by atoms with Crippen LogP contribution in [-0.2, 0) is 0 Å². The molecule has 0 N–H and O–H groups in total. The average Bonchev–Trinajstić information content (AvgIpc) is 2.64.